The third kappa shape index (κ3) is 1.87. The maximum absolute atomic E-state index is 13.2. The van der Waals surface area contributed by atoms with Gasteiger partial charge in [-0.15, -0.1) is 0 Å². The Bertz CT molecular complexity index is 628. The Kier molecular flexibility index (Phi) is 2.49. The van der Waals surface area contributed by atoms with Crippen molar-refractivity contribution in [2.75, 3.05) is 0 Å². The molecule has 0 aliphatic carbocycles. The lowest BCUT2D eigenvalue weighted by Gasteiger charge is -2.01. The van der Waals surface area contributed by atoms with Crippen LogP contribution >= 0.6 is 11.3 Å². The predicted octanol–water partition coefficient (Wildman–Crippen LogP) is 3.94. The minimum Gasteiger partial charge on any atom is -0.277 e. The number of nitrogens with zero attached hydrogens (tertiary/aromatic N) is 1. The molecule has 0 radical (unpaired) electrons. The summed E-state index contributed by atoms with van der Waals surface area (Å²) in [5.41, 5.74) is 3.76. The lowest BCUT2D eigenvalue weighted by molar-refractivity contribution is 0.628. The van der Waals surface area contributed by atoms with Crippen LogP contribution in [0.5, 0.6) is 0 Å². The maximum atomic E-state index is 13.2. The van der Waals surface area contributed by atoms with Gasteiger partial charge in [0.25, 0.3) is 0 Å². The number of aromatic nitrogens is 2. The molecule has 3 rings (SSSR count). The predicted molar refractivity (Wildman–Crippen MR) is 67.3 cm³/mol. The van der Waals surface area contributed by atoms with Crippen LogP contribution in [0.25, 0.3) is 22.4 Å². The Morgan fingerprint density at radius 2 is 2.12 bits per heavy atom. The van der Waals surface area contributed by atoms with Crippen LogP contribution in [0.15, 0.2) is 47.3 Å². The lowest BCUT2D eigenvalue weighted by Crippen LogP contribution is -1.81. The van der Waals surface area contributed by atoms with E-state index in [9.17, 15) is 4.39 Å². The van der Waals surface area contributed by atoms with Crippen molar-refractivity contribution in [3.8, 4) is 22.4 Å². The molecule has 3 aromatic rings. The third-order valence-corrected chi connectivity index (χ3v) is 3.27. The van der Waals surface area contributed by atoms with Gasteiger partial charge in [0, 0.05) is 16.5 Å². The van der Waals surface area contributed by atoms with Crippen molar-refractivity contribution in [1.82, 2.24) is 10.2 Å². The van der Waals surface area contributed by atoms with Crippen molar-refractivity contribution in [3.63, 3.8) is 0 Å². The zero-order valence-electron chi connectivity index (χ0n) is 8.85. The summed E-state index contributed by atoms with van der Waals surface area (Å²) in [7, 11) is 0. The number of halogens is 1. The molecule has 0 saturated heterocycles. The van der Waals surface area contributed by atoms with Crippen molar-refractivity contribution in [2.45, 2.75) is 0 Å². The highest BCUT2D eigenvalue weighted by Gasteiger charge is 2.10. The van der Waals surface area contributed by atoms with E-state index in [1.54, 1.807) is 23.6 Å². The highest BCUT2D eigenvalue weighted by atomic mass is 32.1. The molecule has 1 aromatic carbocycles. The van der Waals surface area contributed by atoms with Crippen LogP contribution in [-0.4, -0.2) is 10.2 Å². The third-order valence-electron chi connectivity index (χ3n) is 2.58. The van der Waals surface area contributed by atoms with Crippen LogP contribution in [0, 0.1) is 5.82 Å². The smallest absolute Gasteiger partial charge is 0.123 e. The SMILES string of the molecule is Fc1cccc(-c2cn[nH]c2-c2ccsc2)c1. The van der Waals surface area contributed by atoms with E-state index in [1.165, 1.54) is 12.1 Å². The Morgan fingerprint density at radius 3 is 2.88 bits per heavy atom. The highest BCUT2D eigenvalue weighted by molar-refractivity contribution is 7.08. The number of benzene rings is 1. The molecule has 1 N–H and O–H groups in total. The summed E-state index contributed by atoms with van der Waals surface area (Å²) in [6.07, 6.45) is 1.72. The van der Waals surface area contributed by atoms with Gasteiger partial charge in [-0.05, 0) is 29.1 Å². The quantitative estimate of drug-likeness (QED) is 0.726. The largest absolute Gasteiger partial charge is 0.277 e. The summed E-state index contributed by atoms with van der Waals surface area (Å²) in [5.74, 6) is -0.236. The molecule has 0 aliphatic heterocycles. The number of aromatic amines is 1. The first-order valence-corrected chi connectivity index (χ1v) is 6.11. The average Bonchev–Trinajstić information content (AvgIpc) is 3.00. The number of H-pyrrole nitrogens is 1. The highest BCUT2D eigenvalue weighted by Crippen LogP contribution is 2.31. The molecule has 2 nitrogen and oxygen atoms in total. The summed E-state index contributed by atoms with van der Waals surface area (Å²) in [6.45, 7) is 0. The lowest BCUT2D eigenvalue weighted by atomic mass is 10.0. The summed E-state index contributed by atoms with van der Waals surface area (Å²) >= 11 is 1.62. The zero-order chi connectivity index (χ0) is 11.7. The molecule has 84 valence electrons. The topological polar surface area (TPSA) is 28.7 Å². The van der Waals surface area contributed by atoms with Gasteiger partial charge in [0.05, 0.1) is 11.9 Å². The average molecular weight is 244 g/mol. The van der Waals surface area contributed by atoms with Crippen molar-refractivity contribution in [1.29, 1.82) is 0 Å². The molecule has 0 spiro atoms. The van der Waals surface area contributed by atoms with Crippen LogP contribution < -0.4 is 0 Å². The van der Waals surface area contributed by atoms with Gasteiger partial charge in [-0.3, -0.25) is 5.10 Å². The van der Waals surface area contributed by atoms with Crippen LogP contribution in [0.2, 0.25) is 0 Å². The second-order valence-corrected chi connectivity index (χ2v) is 4.46. The number of rotatable bonds is 2. The van der Waals surface area contributed by atoms with Crippen molar-refractivity contribution in [3.05, 3.63) is 53.1 Å². The van der Waals surface area contributed by atoms with Crippen LogP contribution in [0.3, 0.4) is 0 Å². The zero-order valence-corrected chi connectivity index (χ0v) is 9.67. The van der Waals surface area contributed by atoms with E-state index in [1.807, 2.05) is 22.9 Å². The van der Waals surface area contributed by atoms with E-state index >= 15 is 0 Å². The molecule has 0 unspecified atom stereocenters. The first-order chi connectivity index (χ1) is 8.34. The Labute approximate surface area is 102 Å². The second-order valence-electron chi connectivity index (χ2n) is 3.68. The summed E-state index contributed by atoms with van der Waals surface area (Å²) in [6, 6.07) is 8.55. The van der Waals surface area contributed by atoms with E-state index in [2.05, 4.69) is 10.2 Å². The fraction of sp³-hybridized carbons (Fsp3) is 0. The standard InChI is InChI=1S/C13H9FN2S/c14-11-3-1-2-9(6-11)12-7-15-16-13(12)10-4-5-17-8-10/h1-8H,(H,15,16). The van der Waals surface area contributed by atoms with E-state index in [-0.39, 0.29) is 5.82 Å². The molecule has 0 aliphatic rings. The first kappa shape index (κ1) is 10.2. The van der Waals surface area contributed by atoms with Gasteiger partial charge >= 0.3 is 0 Å². The molecule has 0 atom stereocenters. The molecule has 0 amide bonds. The molecular weight excluding hydrogens is 235 g/mol. The molecule has 0 saturated carbocycles. The molecule has 2 heterocycles. The van der Waals surface area contributed by atoms with Crippen molar-refractivity contribution < 1.29 is 4.39 Å². The molecule has 17 heavy (non-hydrogen) atoms. The van der Waals surface area contributed by atoms with Gasteiger partial charge in [-0.25, -0.2) is 4.39 Å². The fourth-order valence-electron chi connectivity index (χ4n) is 1.79. The van der Waals surface area contributed by atoms with E-state index in [4.69, 9.17) is 0 Å². The van der Waals surface area contributed by atoms with E-state index in [0.29, 0.717) is 0 Å². The first-order valence-electron chi connectivity index (χ1n) is 5.16. The molecule has 4 heteroatoms. The minimum atomic E-state index is -0.236. The van der Waals surface area contributed by atoms with Gasteiger partial charge in [0.1, 0.15) is 5.82 Å². The summed E-state index contributed by atoms with van der Waals surface area (Å²) in [4.78, 5) is 0. The second kappa shape index (κ2) is 4.14. The van der Waals surface area contributed by atoms with Gasteiger partial charge < -0.3 is 0 Å². The maximum Gasteiger partial charge on any atom is 0.123 e. The fourth-order valence-corrected chi connectivity index (χ4v) is 2.43. The summed E-state index contributed by atoms with van der Waals surface area (Å²) in [5, 5.41) is 11.0. The molecule has 0 bridgehead atoms. The normalized spacial score (nSPS) is 10.6. The van der Waals surface area contributed by atoms with Crippen molar-refractivity contribution >= 4 is 11.3 Å². The number of thiophene rings is 1. The number of hydrogen-bond donors (Lipinski definition) is 1. The Balaban J connectivity index is 2.14. The van der Waals surface area contributed by atoms with Gasteiger partial charge in [-0.1, -0.05) is 12.1 Å². The Morgan fingerprint density at radius 1 is 1.18 bits per heavy atom. The van der Waals surface area contributed by atoms with Crippen LogP contribution in [0.4, 0.5) is 4.39 Å². The molecular formula is C13H9FN2S. The van der Waals surface area contributed by atoms with E-state index < -0.39 is 0 Å². The van der Waals surface area contributed by atoms with Crippen molar-refractivity contribution in [2.24, 2.45) is 0 Å². The number of hydrogen-bond acceptors (Lipinski definition) is 2. The van der Waals surface area contributed by atoms with E-state index in [0.717, 1.165) is 22.4 Å². The monoisotopic (exact) mass is 244 g/mol. The Hall–Kier alpha value is -1.94. The van der Waals surface area contributed by atoms with Crippen LogP contribution in [0.1, 0.15) is 0 Å². The molecule has 2 aromatic heterocycles. The molecule has 0 fully saturated rings. The van der Waals surface area contributed by atoms with Crippen LogP contribution in [-0.2, 0) is 0 Å². The van der Waals surface area contributed by atoms with Gasteiger partial charge in [0.15, 0.2) is 0 Å². The van der Waals surface area contributed by atoms with Gasteiger partial charge in [0.2, 0.25) is 0 Å². The minimum absolute atomic E-state index is 0.236. The summed E-state index contributed by atoms with van der Waals surface area (Å²) < 4.78 is 13.2. The number of nitrogens with one attached hydrogen (secondary N) is 1. The van der Waals surface area contributed by atoms with Gasteiger partial charge in [-0.2, -0.15) is 16.4 Å².